The SMILES string of the molecule is O=C(OCc1ccccc1)N1CCOC2(COC2)C1. The fourth-order valence-electron chi connectivity index (χ4n) is 2.32. The van der Waals surface area contributed by atoms with Crippen molar-refractivity contribution in [3.63, 3.8) is 0 Å². The average molecular weight is 263 g/mol. The molecule has 2 aliphatic rings. The highest BCUT2D eigenvalue weighted by molar-refractivity contribution is 5.68. The van der Waals surface area contributed by atoms with Crippen LogP contribution in [0.25, 0.3) is 0 Å². The van der Waals surface area contributed by atoms with Crippen LogP contribution in [-0.2, 0) is 20.8 Å². The minimum atomic E-state index is -0.288. The van der Waals surface area contributed by atoms with Gasteiger partial charge in [-0.15, -0.1) is 0 Å². The topological polar surface area (TPSA) is 48.0 Å². The molecule has 2 saturated heterocycles. The molecule has 1 aromatic rings. The van der Waals surface area contributed by atoms with Gasteiger partial charge >= 0.3 is 6.09 Å². The molecule has 0 aliphatic carbocycles. The van der Waals surface area contributed by atoms with Crippen molar-refractivity contribution in [2.45, 2.75) is 12.2 Å². The van der Waals surface area contributed by atoms with Crippen molar-refractivity contribution in [1.29, 1.82) is 0 Å². The molecule has 0 radical (unpaired) electrons. The largest absolute Gasteiger partial charge is 0.445 e. The first-order chi connectivity index (χ1) is 9.27. The molecule has 2 heterocycles. The molecule has 0 atom stereocenters. The van der Waals surface area contributed by atoms with E-state index < -0.39 is 0 Å². The molecule has 0 aromatic heterocycles. The zero-order chi connectivity index (χ0) is 13.1. The number of hydrogen-bond acceptors (Lipinski definition) is 4. The first kappa shape index (κ1) is 12.4. The fourth-order valence-corrected chi connectivity index (χ4v) is 2.32. The lowest BCUT2D eigenvalue weighted by atomic mass is 10.00. The van der Waals surface area contributed by atoms with Gasteiger partial charge in [-0.3, -0.25) is 0 Å². The molecule has 3 rings (SSSR count). The normalized spacial score (nSPS) is 20.9. The van der Waals surface area contributed by atoms with Crippen LogP contribution in [-0.4, -0.2) is 49.5 Å². The van der Waals surface area contributed by atoms with E-state index in [2.05, 4.69) is 0 Å². The highest BCUT2D eigenvalue weighted by atomic mass is 16.6. The molecular weight excluding hydrogens is 246 g/mol. The Morgan fingerprint density at radius 2 is 2.11 bits per heavy atom. The Balaban J connectivity index is 1.52. The molecule has 1 aromatic carbocycles. The van der Waals surface area contributed by atoms with Gasteiger partial charge in [-0.2, -0.15) is 0 Å². The third-order valence-electron chi connectivity index (χ3n) is 3.44. The van der Waals surface area contributed by atoms with Crippen molar-refractivity contribution >= 4 is 6.09 Å². The highest BCUT2D eigenvalue weighted by Gasteiger charge is 2.45. The first-order valence-corrected chi connectivity index (χ1v) is 6.45. The number of nitrogens with zero attached hydrogens (tertiary/aromatic N) is 1. The molecular formula is C14H17NO4. The van der Waals surface area contributed by atoms with Crippen molar-refractivity contribution < 1.29 is 19.0 Å². The summed E-state index contributed by atoms with van der Waals surface area (Å²) in [6.07, 6.45) is -0.279. The highest BCUT2D eigenvalue weighted by Crippen LogP contribution is 2.26. The Hall–Kier alpha value is -1.59. The van der Waals surface area contributed by atoms with E-state index in [1.54, 1.807) is 4.90 Å². The summed E-state index contributed by atoms with van der Waals surface area (Å²) in [6.45, 7) is 3.12. The monoisotopic (exact) mass is 263 g/mol. The van der Waals surface area contributed by atoms with Gasteiger partial charge in [0, 0.05) is 6.54 Å². The summed E-state index contributed by atoms with van der Waals surface area (Å²) in [7, 11) is 0. The van der Waals surface area contributed by atoms with Crippen molar-refractivity contribution in [3.8, 4) is 0 Å². The molecule has 1 spiro atoms. The Morgan fingerprint density at radius 1 is 1.32 bits per heavy atom. The third kappa shape index (κ3) is 2.72. The number of carbonyl (C=O) groups excluding carboxylic acids is 1. The predicted molar refractivity (Wildman–Crippen MR) is 67.7 cm³/mol. The van der Waals surface area contributed by atoms with E-state index in [0.29, 0.717) is 39.5 Å². The van der Waals surface area contributed by atoms with Crippen LogP contribution in [0.4, 0.5) is 4.79 Å². The van der Waals surface area contributed by atoms with E-state index in [-0.39, 0.29) is 11.7 Å². The summed E-state index contributed by atoms with van der Waals surface area (Å²) < 4.78 is 16.2. The van der Waals surface area contributed by atoms with E-state index in [4.69, 9.17) is 14.2 Å². The molecule has 19 heavy (non-hydrogen) atoms. The second-order valence-electron chi connectivity index (χ2n) is 4.99. The van der Waals surface area contributed by atoms with E-state index >= 15 is 0 Å². The maximum absolute atomic E-state index is 12.0. The van der Waals surface area contributed by atoms with Gasteiger partial charge in [0.1, 0.15) is 12.2 Å². The number of benzene rings is 1. The van der Waals surface area contributed by atoms with Gasteiger partial charge < -0.3 is 19.1 Å². The number of carbonyl (C=O) groups is 1. The molecule has 102 valence electrons. The Kier molecular flexibility index (Phi) is 3.40. The third-order valence-corrected chi connectivity index (χ3v) is 3.44. The average Bonchev–Trinajstić information content (AvgIpc) is 2.44. The second-order valence-corrected chi connectivity index (χ2v) is 4.99. The van der Waals surface area contributed by atoms with E-state index in [9.17, 15) is 4.79 Å². The lowest BCUT2D eigenvalue weighted by Gasteiger charge is -2.47. The van der Waals surface area contributed by atoms with Crippen LogP contribution >= 0.6 is 0 Å². The maximum Gasteiger partial charge on any atom is 0.410 e. The second kappa shape index (κ2) is 5.19. The Morgan fingerprint density at radius 3 is 2.79 bits per heavy atom. The summed E-state index contributed by atoms with van der Waals surface area (Å²) in [4.78, 5) is 13.7. The number of amides is 1. The molecule has 5 nitrogen and oxygen atoms in total. The minimum Gasteiger partial charge on any atom is -0.445 e. The molecule has 5 heteroatoms. The Bertz CT molecular complexity index is 444. The van der Waals surface area contributed by atoms with Crippen molar-refractivity contribution in [3.05, 3.63) is 35.9 Å². The minimum absolute atomic E-state index is 0.279. The van der Waals surface area contributed by atoms with E-state index in [1.165, 1.54) is 0 Å². The number of rotatable bonds is 2. The van der Waals surface area contributed by atoms with Crippen LogP contribution in [0, 0.1) is 0 Å². The van der Waals surface area contributed by atoms with Gasteiger partial charge in [0.25, 0.3) is 0 Å². The standard InChI is InChI=1S/C14H17NO4/c16-13(18-8-12-4-2-1-3-5-12)15-6-7-19-14(9-15)10-17-11-14/h1-5H,6-11H2. The first-order valence-electron chi connectivity index (χ1n) is 6.45. The molecule has 1 amide bonds. The molecule has 0 saturated carbocycles. The molecule has 2 fully saturated rings. The Labute approximate surface area is 112 Å². The molecule has 2 aliphatic heterocycles. The van der Waals surface area contributed by atoms with Gasteiger partial charge in [0.2, 0.25) is 0 Å². The molecule has 0 N–H and O–H groups in total. The van der Waals surface area contributed by atoms with Crippen molar-refractivity contribution in [2.24, 2.45) is 0 Å². The van der Waals surface area contributed by atoms with Gasteiger partial charge in [0.05, 0.1) is 26.4 Å². The maximum atomic E-state index is 12.0. The summed E-state index contributed by atoms with van der Waals surface area (Å²) in [6, 6.07) is 9.67. The van der Waals surface area contributed by atoms with E-state index in [1.807, 2.05) is 30.3 Å². The summed E-state index contributed by atoms with van der Waals surface area (Å²) in [5, 5.41) is 0. The number of hydrogen-bond donors (Lipinski definition) is 0. The lowest BCUT2D eigenvalue weighted by molar-refractivity contribution is -0.233. The van der Waals surface area contributed by atoms with Crippen LogP contribution in [0.15, 0.2) is 30.3 Å². The quantitative estimate of drug-likeness (QED) is 0.809. The predicted octanol–water partition coefficient (Wildman–Crippen LogP) is 1.42. The van der Waals surface area contributed by atoms with Gasteiger partial charge in [-0.05, 0) is 5.56 Å². The van der Waals surface area contributed by atoms with Gasteiger partial charge in [-0.25, -0.2) is 4.79 Å². The zero-order valence-electron chi connectivity index (χ0n) is 10.7. The van der Waals surface area contributed by atoms with E-state index in [0.717, 1.165) is 5.56 Å². The summed E-state index contributed by atoms with van der Waals surface area (Å²) in [5.74, 6) is 0. The smallest absolute Gasteiger partial charge is 0.410 e. The van der Waals surface area contributed by atoms with Crippen LogP contribution in [0.3, 0.4) is 0 Å². The number of ether oxygens (including phenoxy) is 3. The van der Waals surface area contributed by atoms with Crippen molar-refractivity contribution in [2.75, 3.05) is 32.9 Å². The summed E-state index contributed by atoms with van der Waals surface area (Å²) >= 11 is 0. The van der Waals surface area contributed by atoms with Gasteiger partial charge in [0.15, 0.2) is 0 Å². The van der Waals surface area contributed by atoms with Crippen molar-refractivity contribution in [1.82, 2.24) is 4.90 Å². The molecule has 0 unspecified atom stereocenters. The van der Waals surface area contributed by atoms with Crippen LogP contribution in [0.5, 0.6) is 0 Å². The van der Waals surface area contributed by atoms with Crippen LogP contribution < -0.4 is 0 Å². The lowest BCUT2D eigenvalue weighted by Crippen LogP contribution is -2.63. The van der Waals surface area contributed by atoms with Crippen LogP contribution in [0.1, 0.15) is 5.56 Å². The fraction of sp³-hybridized carbons (Fsp3) is 0.500. The number of morpholine rings is 1. The van der Waals surface area contributed by atoms with Crippen LogP contribution in [0.2, 0.25) is 0 Å². The molecule has 0 bridgehead atoms. The summed E-state index contributed by atoms with van der Waals surface area (Å²) in [5.41, 5.74) is 0.704. The van der Waals surface area contributed by atoms with Gasteiger partial charge in [-0.1, -0.05) is 30.3 Å². The zero-order valence-corrected chi connectivity index (χ0v) is 10.7.